The average molecular weight is 258 g/mol. The van der Waals surface area contributed by atoms with E-state index in [1.165, 1.54) is 11.1 Å². The highest BCUT2D eigenvalue weighted by molar-refractivity contribution is 5.11. The minimum Gasteiger partial charge on any atom is -0.283 e. The molecule has 0 radical (unpaired) electrons. The normalized spacial score (nSPS) is 8.00. The maximum atomic E-state index is 3.80. The molecule has 18 heavy (non-hydrogen) atoms. The van der Waals surface area contributed by atoms with Gasteiger partial charge < -0.3 is 0 Å². The molecule has 108 valence electrons. The van der Waals surface area contributed by atoms with Crippen LogP contribution in [-0.4, -0.2) is 20.4 Å². The molecule has 0 aromatic carbocycles. The molecule has 2 heterocycles. The highest BCUT2D eigenvalue weighted by Crippen LogP contribution is 1.97. The number of hydrogen-bond acceptors (Lipinski definition) is 2. The first-order valence-electron chi connectivity index (χ1n) is 6.54. The molecule has 0 aliphatic carbocycles. The van der Waals surface area contributed by atoms with E-state index in [1.54, 1.807) is 0 Å². The summed E-state index contributed by atoms with van der Waals surface area (Å²) in [5.41, 5.74) is 4.75. The van der Waals surface area contributed by atoms with Crippen molar-refractivity contribution in [3.8, 4) is 0 Å². The third-order valence-electron chi connectivity index (χ3n) is 2.16. The van der Waals surface area contributed by atoms with Crippen LogP contribution in [0.1, 0.15) is 53.1 Å². The Morgan fingerprint density at radius 3 is 1.06 bits per heavy atom. The van der Waals surface area contributed by atoms with Gasteiger partial charge in [0.1, 0.15) is 0 Å². The van der Waals surface area contributed by atoms with Gasteiger partial charge in [0.05, 0.1) is 12.4 Å². The molecular weight excluding hydrogens is 224 g/mol. The van der Waals surface area contributed by atoms with Crippen LogP contribution in [0.2, 0.25) is 0 Å². The molecule has 0 spiro atoms. The molecule has 2 aromatic rings. The lowest BCUT2D eigenvalue weighted by Gasteiger charge is -1.78. The Morgan fingerprint density at radius 2 is 1.00 bits per heavy atom. The van der Waals surface area contributed by atoms with Crippen molar-refractivity contribution < 1.29 is 2.85 Å². The van der Waals surface area contributed by atoms with E-state index in [9.17, 15) is 0 Å². The molecule has 2 aromatic heterocycles. The summed E-state index contributed by atoms with van der Waals surface area (Å²) in [5.74, 6) is 0. The second-order valence-electron chi connectivity index (χ2n) is 3.36. The molecule has 0 atom stereocenters. The fourth-order valence-corrected chi connectivity index (χ4v) is 0.822. The first-order chi connectivity index (χ1) is 8.61. The third kappa shape index (κ3) is 7.65. The lowest BCUT2D eigenvalue weighted by Crippen LogP contribution is -1.70. The zero-order chi connectivity index (χ0) is 14.6. The van der Waals surface area contributed by atoms with Gasteiger partial charge in [-0.25, -0.2) is 0 Å². The quantitative estimate of drug-likeness (QED) is 0.725. The number of aromatic nitrogens is 4. The highest BCUT2D eigenvalue weighted by atomic mass is 15.1. The van der Waals surface area contributed by atoms with E-state index in [-0.39, 0.29) is 2.85 Å². The van der Waals surface area contributed by atoms with Crippen molar-refractivity contribution in [2.24, 2.45) is 0 Å². The van der Waals surface area contributed by atoms with E-state index in [0.717, 1.165) is 11.4 Å². The van der Waals surface area contributed by atoms with Crippen LogP contribution in [0.25, 0.3) is 0 Å². The number of nitrogens with zero attached hydrogens (tertiary/aromatic N) is 2. The molecule has 0 bridgehead atoms. The standard InChI is InChI=1S/2C5H8N2.2C2H6.2H2/c2*1-4-3-6-7-5(4)2;2*1-2;;/h2*3H,1-2H3,(H,6,7);2*1-2H3;2*1H/i;;;;2*1+1. The Labute approximate surface area is 114 Å². The molecule has 2 rings (SSSR count). The Kier molecular flexibility index (Phi) is 12.4. The lowest BCUT2D eigenvalue weighted by molar-refractivity contribution is 1.04. The fourth-order valence-electron chi connectivity index (χ4n) is 0.822. The average Bonchev–Trinajstić information content (AvgIpc) is 2.96. The second kappa shape index (κ2) is 11.9. The number of H-pyrrole nitrogens is 2. The molecule has 4 nitrogen and oxygen atoms in total. The number of hydrogen-bond donors (Lipinski definition) is 2. The summed E-state index contributed by atoms with van der Waals surface area (Å²) in [7, 11) is 0. The van der Waals surface area contributed by atoms with Gasteiger partial charge in [-0.05, 0) is 38.8 Å². The van der Waals surface area contributed by atoms with Crippen molar-refractivity contribution >= 4 is 0 Å². The summed E-state index contributed by atoms with van der Waals surface area (Å²) >= 11 is 0. The predicted molar refractivity (Wildman–Crippen MR) is 83.0 cm³/mol. The summed E-state index contributed by atoms with van der Waals surface area (Å²) < 4.78 is 0. The third-order valence-corrected chi connectivity index (χ3v) is 2.16. The molecule has 2 N–H and O–H groups in total. The molecule has 0 fully saturated rings. The molecule has 0 amide bonds. The zero-order valence-electron chi connectivity index (χ0n) is 13.0. The Balaban J connectivity index is -0.0000000950. The summed E-state index contributed by atoms with van der Waals surface area (Å²) in [6.07, 6.45) is 3.63. The van der Waals surface area contributed by atoms with E-state index in [0.29, 0.717) is 0 Å². The molecule has 0 unspecified atom stereocenters. The zero-order valence-corrected chi connectivity index (χ0v) is 13.0. The highest BCUT2D eigenvalue weighted by Gasteiger charge is 1.87. The maximum Gasteiger partial charge on any atom is 0.0519 e. The van der Waals surface area contributed by atoms with E-state index < -0.39 is 0 Å². The smallest absolute Gasteiger partial charge is 0.0519 e. The summed E-state index contributed by atoms with van der Waals surface area (Å²) in [6, 6.07) is 0. The summed E-state index contributed by atoms with van der Waals surface area (Å²) in [6.45, 7) is 16.1. The number of aromatic amines is 2. The molecule has 0 aliphatic rings. The van der Waals surface area contributed by atoms with Gasteiger partial charge >= 0.3 is 0 Å². The Morgan fingerprint density at radius 1 is 0.722 bits per heavy atom. The minimum absolute atomic E-state index is 0. The van der Waals surface area contributed by atoms with Crippen molar-refractivity contribution in [1.82, 2.24) is 20.4 Å². The predicted octanol–water partition coefficient (Wildman–Crippen LogP) is 4.60. The van der Waals surface area contributed by atoms with Gasteiger partial charge in [0.25, 0.3) is 0 Å². The molecule has 0 aliphatic heterocycles. The van der Waals surface area contributed by atoms with Gasteiger partial charge in [-0.3, -0.25) is 10.2 Å². The Hall–Kier alpha value is -1.58. The van der Waals surface area contributed by atoms with Crippen molar-refractivity contribution in [2.75, 3.05) is 0 Å². The van der Waals surface area contributed by atoms with Crippen molar-refractivity contribution in [3.05, 3.63) is 34.9 Å². The van der Waals surface area contributed by atoms with Gasteiger partial charge in [0, 0.05) is 14.2 Å². The van der Waals surface area contributed by atoms with Crippen LogP contribution < -0.4 is 0 Å². The van der Waals surface area contributed by atoms with Crippen LogP contribution in [0.5, 0.6) is 0 Å². The Bertz CT molecular complexity index is 326. The van der Waals surface area contributed by atoms with Crippen molar-refractivity contribution in [2.45, 2.75) is 55.4 Å². The SMILES string of the molecule is CC.CC.Cc1cn[nH]c1C.Cc1cn[nH]c1C.[2HH].[2HH]. The van der Waals surface area contributed by atoms with Crippen LogP contribution in [-0.2, 0) is 0 Å². The van der Waals surface area contributed by atoms with Crippen LogP contribution in [0.3, 0.4) is 0 Å². The largest absolute Gasteiger partial charge is 0.283 e. The minimum atomic E-state index is 0. The topological polar surface area (TPSA) is 57.4 Å². The lowest BCUT2D eigenvalue weighted by atomic mass is 10.3. The van der Waals surface area contributed by atoms with Crippen molar-refractivity contribution in [3.63, 3.8) is 0 Å². The molecule has 4 heteroatoms. The first kappa shape index (κ1) is 18.8. The van der Waals surface area contributed by atoms with Gasteiger partial charge in [0.2, 0.25) is 0 Å². The van der Waals surface area contributed by atoms with E-state index >= 15 is 0 Å². The van der Waals surface area contributed by atoms with Gasteiger partial charge in [-0.15, -0.1) is 0 Å². The number of rotatable bonds is 0. The summed E-state index contributed by atoms with van der Waals surface area (Å²) in [5, 5.41) is 13.2. The van der Waals surface area contributed by atoms with E-state index in [2.05, 4.69) is 20.4 Å². The van der Waals surface area contributed by atoms with Gasteiger partial charge in [0.15, 0.2) is 0 Å². The summed E-state index contributed by atoms with van der Waals surface area (Å²) in [4.78, 5) is 0. The fraction of sp³-hybridized carbons (Fsp3) is 0.571. The number of nitrogens with one attached hydrogen (secondary N) is 2. The van der Waals surface area contributed by atoms with E-state index in [4.69, 9.17) is 0 Å². The van der Waals surface area contributed by atoms with Crippen LogP contribution in [0.4, 0.5) is 0 Å². The van der Waals surface area contributed by atoms with Crippen molar-refractivity contribution in [1.29, 1.82) is 0 Å². The monoisotopic (exact) mass is 258 g/mol. The second-order valence-corrected chi connectivity index (χ2v) is 3.36. The van der Waals surface area contributed by atoms with Crippen LogP contribution in [0.15, 0.2) is 12.4 Å². The van der Waals surface area contributed by atoms with Crippen LogP contribution in [0, 0.1) is 27.7 Å². The number of aryl methyl sites for hydroxylation is 4. The molecule has 0 saturated carbocycles. The van der Waals surface area contributed by atoms with E-state index in [1.807, 2.05) is 67.8 Å². The van der Waals surface area contributed by atoms with Gasteiger partial charge in [-0.2, -0.15) is 10.2 Å². The van der Waals surface area contributed by atoms with Gasteiger partial charge in [-0.1, -0.05) is 27.7 Å². The molecule has 0 saturated heterocycles. The van der Waals surface area contributed by atoms with Crippen LogP contribution >= 0.6 is 0 Å². The maximum absolute atomic E-state index is 3.80. The first-order valence-corrected chi connectivity index (χ1v) is 6.54. The molecular formula is C14H32N4.